The van der Waals surface area contributed by atoms with E-state index >= 15 is 0 Å². The highest BCUT2D eigenvalue weighted by Crippen LogP contribution is 2.28. The molecular formula is C11H16F3N5O. The van der Waals surface area contributed by atoms with Crippen LogP contribution < -0.4 is 16.4 Å². The van der Waals surface area contributed by atoms with Crippen LogP contribution in [0.3, 0.4) is 0 Å². The molecule has 1 heterocycles. The number of nitrogens with two attached hydrogens (primary N) is 1. The van der Waals surface area contributed by atoms with Gasteiger partial charge in [0.15, 0.2) is 0 Å². The van der Waals surface area contributed by atoms with E-state index in [4.69, 9.17) is 5.73 Å². The molecule has 0 aliphatic carbocycles. The van der Waals surface area contributed by atoms with Crippen LogP contribution in [-0.4, -0.2) is 28.5 Å². The van der Waals surface area contributed by atoms with E-state index in [1.807, 2.05) is 0 Å². The Labute approximate surface area is 114 Å². The van der Waals surface area contributed by atoms with Gasteiger partial charge in [-0.05, 0) is 13.8 Å². The molecule has 0 radical (unpaired) electrons. The van der Waals surface area contributed by atoms with Crippen molar-refractivity contribution in [1.29, 1.82) is 0 Å². The summed E-state index contributed by atoms with van der Waals surface area (Å²) in [5, 5.41) is 5.38. The van der Waals surface area contributed by atoms with E-state index in [1.54, 1.807) is 13.8 Å². The Morgan fingerprint density at radius 2 is 2.00 bits per heavy atom. The third-order valence-corrected chi connectivity index (χ3v) is 2.24. The van der Waals surface area contributed by atoms with Gasteiger partial charge in [-0.1, -0.05) is 0 Å². The van der Waals surface area contributed by atoms with Gasteiger partial charge in [-0.15, -0.1) is 0 Å². The summed E-state index contributed by atoms with van der Waals surface area (Å²) in [4.78, 5) is 17.5. The highest BCUT2D eigenvalue weighted by Gasteiger charge is 2.35. The molecule has 9 heteroatoms. The minimum atomic E-state index is -4.64. The van der Waals surface area contributed by atoms with Crippen LogP contribution in [0.5, 0.6) is 0 Å². The standard InChI is InChI=1S/C11H16F3N5O/c1-3-16-8-5-9(17-6(2)4-7(15)20)19-10(18-8)11(12,13)14/h5-6H,3-4H2,1-2H3,(H2,15,20)(H2,16,17,18,19). The largest absolute Gasteiger partial charge is 0.451 e. The molecule has 0 bridgehead atoms. The van der Waals surface area contributed by atoms with E-state index < -0.39 is 23.9 Å². The van der Waals surface area contributed by atoms with Gasteiger partial charge in [-0.2, -0.15) is 13.2 Å². The molecule has 6 nitrogen and oxygen atoms in total. The van der Waals surface area contributed by atoms with Gasteiger partial charge in [-0.3, -0.25) is 4.79 Å². The minimum absolute atomic E-state index is 0.0120. The first-order valence-electron chi connectivity index (χ1n) is 5.97. The molecule has 0 aromatic carbocycles. The number of carbonyl (C=O) groups is 1. The van der Waals surface area contributed by atoms with E-state index in [2.05, 4.69) is 20.6 Å². The molecule has 0 aliphatic heterocycles. The fourth-order valence-corrected chi connectivity index (χ4v) is 1.52. The lowest BCUT2D eigenvalue weighted by Crippen LogP contribution is -2.25. The number of nitrogens with zero attached hydrogens (tertiary/aromatic N) is 2. The van der Waals surface area contributed by atoms with Crippen molar-refractivity contribution >= 4 is 17.5 Å². The number of halogens is 3. The van der Waals surface area contributed by atoms with Crippen molar-refractivity contribution in [3.8, 4) is 0 Å². The van der Waals surface area contributed by atoms with Gasteiger partial charge in [0.05, 0.1) is 0 Å². The second kappa shape index (κ2) is 6.40. The second-order valence-corrected chi connectivity index (χ2v) is 4.21. The van der Waals surface area contributed by atoms with E-state index in [-0.39, 0.29) is 18.1 Å². The molecule has 1 atom stereocenters. The van der Waals surface area contributed by atoms with E-state index in [0.717, 1.165) is 0 Å². The molecule has 1 rings (SSSR count). The highest BCUT2D eigenvalue weighted by atomic mass is 19.4. The predicted octanol–water partition coefficient (Wildman–Crippen LogP) is 1.60. The normalized spacial score (nSPS) is 12.8. The Hall–Kier alpha value is -2.06. The first-order valence-corrected chi connectivity index (χ1v) is 5.97. The van der Waals surface area contributed by atoms with Crippen molar-refractivity contribution in [3.63, 3.8) is 0 Å². The lowest BCUT2D eigenvalue weighted by molar-refractivity contribution is -0.144. The van der Waals surface area contributed by atoms with Gasteiger partial charge < -0.3 is 16.4 Å². The summed E-state index contributed by atoms with van der Waals surface area (Å²) >= 11 is 0. The summed E-state index contributed by atoms with van der Waals surface area (Å²) in [6, 6.07) is 0.911. The first kappa shape index (κ1) is 16.0. The third kappa shape index (κ3) is 4.90. The average molecular weight is 291 g/mol. The molecule has 1 aromatic rings. The van der Waals surface area contributed by atoms with Gasteiger partial charge >= 0.3 is 6.18 Å². The van der Waals surface area contributed by atoms with Crippen LogP contribution in [0.2, 0.25) is 0 Å². The smallest absolute Gasteiger partial charge is 0.370 e. The Balaban J connectivity index is 2.99. The average Bonchev–Trinajstić information content (AvgIpc) is 2.26. The first-order chi connectivity index (χ1) is 9.22. The molecule has 1 amide bonds. The SMILES string of the molecule is CCNc1cc(NC(C)CC(N)=O)nc(C(F)(F)F)n1. The summed E-state index contributed by atoms with van der Waals surface area (Å²) in [6.07, 6.45) is -4.66. The summed E-state index contributed by atoms with van der Waals surface area (Å²) in [5.41, 5.74) is 5.02. The van der Waals surface area contributed by atoms with E-state index in [9.17, 15) is 18.0 Å². The Bertz CT molecular complexity index is 478. The maximum atomic E-state index is 12.7. The molecule has 0 aliphatic rings. The third-order valence-electron chi connectivity index (χ3n) is 2.24. The second-order valence-electron chi connectivity index (χ2n) is 4.21. The molecule has 20 heavy (non-hydrogen) atoms. The van der Waals surface area contributed by atoms with Crippen molar-refractivity contribution in [2.75, 3.05) is 17.2 Å². The number of amides is 1. The van der Waals surface area contributed by atoms with Gasteiger partial charge in [0.25, 0.3) is 0 Å². The summed E-state index contributed by atoms with van der Waals surface area (Å²) in [6.45, 7) is 3.77. The lowest BCUT2D eigenvalue weighted by atomic mass is 10.2. The monoisotopic (exact) mass is 291 g/mol. The van der Waals surface area contributed by atoms with Crippen molar-refractivity contribution in [2.45, 2.75) is 32.5 Å². The quantitative estimate of drug-likeness (QED) is 0.740. The molecule has 0 spiro atoms. The number of aromatic nitrogens is 2. The zero-order valence-electron chi connectivity index (χ0n) is 11.1. The van der Waals surface area contributed by atoms with E-state index in [1.165, 1.54) is 6.07 Å². The Kier molecular flexibility index (Phi) is 5.12. The number of hydrogen-bond donors (Lipinski definition) is 3. The maximum absolute atomic E-state index is 12.7. The van der Waals surface area contributed by atoms with Crippen LogP contribution >= 0.6 is 0 Å². The van der Waals surface area contributed by atoms with Crippen LogP contribution in [-0.2, 0) is 11.0 Å². The molecule has 112 valence electrons. The zero-order chi connectivity index (χ0) is 15.3. The maximum Gasteiger partial charge on any atom is 0.451 e. The molecule has 0 fully saturated rings. The fourth-order valence-electron chi connectivity index (χ4n) is 1.52. The zero-order valence-corrected chi connectivity index (χ0v) is 11.1. The fraction of sp³-hybridized carbons (Fsp3) is 0.545. The number of primary amides is 1. The summed E-state index contributed by atoms with van der Waals surface area (Å²) < 4.78 is 38.0. The summed E-state index contributed by atoms with van der Waals surface area (Å²) in [5.74, 6) is -1.76. The van der Waals surface area contributed by atoms with Crippen molar-refractivity contribution in [2.24, 2.45) is 5.73 Å². The van der Waals surface area contributed by atoms with E-state index in [0.29, 0.717) is 6.54 Å². The van der Waals surface area contributed by atoms with Crippen molar-refractivity contribution < 1.29 is 18.0 Å². The highest BCUT2D eigenvalue weighted by molar-refractivity contribution is 5.74. The minimum Gasteiger partial charge on any atom is -0.370 e. The molecule has 4 N–H and O–H groups in total. The van der Waals surface area contributed by atoms with Crippen molar-refractivity contribution in [1.82, 2.24) is 9.97 Å². The van der Waals surface area contributed by atoms with Crippen LogP contribution in [0.25, 0.3) is 0 Å². The van der Waals surface area contributed by atoms with Gasteiger partial charge in [0.2, 0.25) is 11.7 Å². The van der Waals surface area contributed by atoms with Gasteiger partial charge in [-0.25, -0.2) is 9.97 Å². The summed E-state index contributed by atoms with van der Waals surface area (Å²) in [7, 11) is 0. The number of rotatable bonds is 6. The molecule has 1 aromatic heterocycles. The van der Waals surface area contributed by atoms with Gasteiger partial charge in [0, 0.05) is 25.1 Å². The number of carbonyl (C=O) groups excluding carboxylic acids is 1. The molecule has 1 unspecified atom stereocenters. The molecular weight excluding hydrogens is 275 g/mol. The van der Waals surface area contributed by atoms with Gasteiger partial charge in [0.1, 0.15) is 11.6 Å². The van der Waals surface area contributed by atoms with Crippen LogP contribution in [0.1, 0.15) is 26.1 Å². The number of nitrogens with one attached hydrogen (secondary N) is 2. The van der Waals surface area contributed by atoms with Crippen LogP contribution in [0, 0.1) is 0 Å². The predicted molar refractivity (Wildman–Crippen MR) is 68.1 cm³/mol. The number of anilines is 2. The number of alkyl halides is 3. The van der Waals surface area contributed by atoms with Crippen LogP contribution in [0.4, 0.5) is 24.8 Å². The molecule has 0 saturated heterocycles. The number of hydrogen-bond acceptors (Lipinski definition) is 5. The van der Waals surface area contributed by atoms with Crippen molar-refractivity contribution in [3.05, 3.63) is 11.9 Å². The topological polar surface area (TPSA) is 92.9 Å². The molecule has 0 saturated carbocycles. The Morgan fingerprint density at radius 3 is 2.50 bits per heavy atom. The Morgan fingerprint density at radius 1 is 1.40 bits per heavy atom. The van der Waals surface area contributed by atoms with Crippen LogP contribution in [0.15, 0.2) is 6.07 Å². The lowest BCUT2D eigenvalue weighted by Gasteiger charge is -2.15.